The van der Waals surface area contributed by atoms with Gasteiger partial charge in [-0.3, -0.25) is 4.79 Å². The summed E-state index contributed by atoms with van der Waals surface area (Å²) in [4.78, 5) is 20.3. The first-order chi connectivity index (χ1) is 11.4. The lowest BCUT2D eigenvalue weighted by atomic mass is 9.87. The first-order valence-electron chi connectivity index (χ1n) is 8.38. The number of rotatable bonds is 6. The molecule has 0 fully saturated rings. The van der Waals surface area contributed by atoms with Gasteiger partial charge in [-0.05, 0) is 29.5 Å². The lowest BCUT2D eigenvalue weighted by molar-refractivity contribution is 0.0948. The molecule has 5 nitrogen and oxygen atoms in total. The predicted octanol–water partition coefficient (Wildman–Crippen LogP) is 4.05. The van der Waals surface area contributed by atoms with Crippen LogP contribution in [-0.2, 0) is 5.41 Å². The van der Waals surface area contributed by atoms with Gasteiger partial charge in [0.2, 0.25) is 0 Å². The number of nitrogens with one attached hydrogen (secondary N) is 2. The topological polar surface area (TPSA) is 66.9 Å². The minimum atomic E-state index is -0.183. The molecule has 2 N–H and O–H groups in total. The Hall–Kier alpha value is -2.43. The second-order valence-electron chi connectivity index (χ2n) is 6.85. The summed E-state index contributed by atoms with van der Waals surface area (Å²) in [6.07, 6.45) is 5.08. The van der Waals surface area contributed by atoms with Gasteiger partial charge < -0.3 is 10.6 Å². The minimum Gasteiger partial charge on any atom is -0.351 e. The van der Waals surface area contributed by atoms with Crippen molar-refractivity contribution in [3.8, 4) is 0 Å². The van der Waals surface area contributed by atoms with Crippen molar-refractivity contribution < 1.29 is 4.79 Å². The fourth-order valence-electron chi connectivity index (χ4n) is 2.18. The number of benzene rings is 1. The minimum absolute atomic E-state index is 0.130. The quantitative estimate of drug-likeness (QED) is 0.786. The van der Waals surface area contributed by atoms with Crippen molar-refractivity contribution in [1.82, 2.24) is 15.3 Å². The van der Waals surface area contributed by atoms with E-state index in [2.05, 4.69) is 60.4 Å². The molecule has 0 aliphatic heterocycles. The van der Waals surface area contributed by atoms with Crippen molar-refractivity contribution >= 4 is 17.4 Å². The zero-order chi connectivity index (χ0) is 17.6. The van der Waals surface area contributed by atoms with Gasteiger partial charge in [0.15, 0.2) is 0 Å². The Labute approximate surface area is 143 Å². The zero-order valence-electron chi connectivity index (χ0n) is 14.9. The summed E-state index contributed by atoms with van der Waals surface area (Å²) in [6.45, 7) is 9.30. The SMILES string of the molecule is CCCCNC(=O)c1cnc(Nc2ccc(C(C)(C)C)cc2)cn1. The second kappa shape index (κ2) is 7.90. The lowest BCUT2D eigenvalue weighted by Gasteiger charge is -2.19. The molecule has 0 unspecified atom stereocenters. The normalized spacial score (nSPS) is 11.2. The summed E-state index contributed by atoms with van der Waals surface area (Å²) in [5.74, 6) is 0.431. The van der Waals surface area contributed by atoms with Crippen molar-refractivity contribution in [3.63, 3.8) is 0 Å². The van der Waals surface area contributed by atoms with Gasteiger partial charge in [-0.15, -0.1) is 0 Å². The maximum atomic E-state index is 11.9. The molecule has 24 heavy (non-hydrogen) atoms. The molecule has 1 amide bonds. The zero-order valence-corrected chi connectivity index (χ0v) is 14.9. The number of aromatic nitrogens is 2. The van der Waals surface area contributed by atoms with Gasteiger partial charge in [-0.25, -0.2) is 9.97 Å². The molecule has 0 aliphatic carbocycles. The molecule has 1 aromatic carbocycles. The van der Waals surface area contributed by atoms with Crippen LogP contribution in [-0.4, -0.2) is 22.4 Å². The Kier molecular flexibility index (Phi) is 5.90. The molecule has 0 aliphatic rings. The number of anilines is 2. The fraction of sp³-hybridized carbons (Fsp3) is 0.421. The van der Waals surface area contributed by atoms with Crippen LogP contribution in [0.3, 0.4) is 0 Å². The van der Waals surface area contributed by atoms with Crippen LogP contribution < -0.4 is 10.6 Å². The summed E-state index contributed by atoms with van der Waals surface area (Å²) in [7, 11) is 0. The molecule has 0 spiro atoms. The van der Waals surface area contributed by atoms with Crippen LogP contribution in [0.5, 0.6) is 0 Å². The second-order valence-corrected chi connectivity index (χ2v) is 6.85. The molecule has 0 atom stereocenters. The monoisotopic (exact) mass is 326 g/mol. The Morgan fingerprint density at radius 2 is 1.79 bits per heavy atom. The van der Waals surface area contributed by atoms with E-state index >= 15 is 0 Å². The van der Waals surface area contributed by atoms with Crippen molar-refractivity contribution in [2.75, 3.05) is 11.9 Å². The van der Waals surface area contributed by atoms with Crippen LogP contribution in [0.25, 0.3) is 0 Å². The maximum Gasteiger partial charge on any atom is 0.271 e. The number of amides is 1. The molecule has 0 saturated heterocycles. The summed E-state index contributed by atoms with van der Waals surface area (Å²) in [6, 6.07) is 8.25. The number of nitrogens with zero attached hydrogens (tertiary/aromatic N) is 2. The lowest BCUT2D eigenvalue weighted by Crippen LogP contribution is -2.25. The summed E-state index contributed by atoms with van der Waals surface area (Å²) >= 11 is 0. The smallest absolute Gasteiger partial charge is 0.271 e. The number of carbonyl (C=O) groups excluding carboxylic acids is 1. The van der Waals surface area contributed by atoms with Crippen molar-refractivity contribution in [1.29, 1.82) is 0 Å². The average Bonchev–Trinajstić information content (AvgIpc) is 2.55. The van der Waals surface area contributed by atoms with Crippen LogP contribution >= 0.6 is 0 Å². The van der Waals surface area contributed by atoms with Gasteiger partial charge in [0.05, 0.1) is 12.4 Å². The van der Waals surface area contributed by atoms with E-state index in [4.69, 9.17) is 0 Å². The highest BCUT2D eigenvalue weighted by atomic mass is 16.1. The van der Waals surface area contributed by atoms with Crippen LogP contribution in [0.15, 0.2) is 36.7 Å². The van der Waals surface area contributed by atoms with Gasteiger partial charge >= 0.3 is 0 Å². The van der Waals surface area contributed by atoms with Gasteiger partial charge in [0, 0.05) is 12.2 Å². The van der Waals surface area contributed by atoms with Crippen LogP contribution in [0.1, 0.15) is 56.6 Å². The Morgan fingerprint density at radius 3 is 2.33 bits per heavy atom. The third-order valence-corrected chi connectivity index (χ3v) is 3.72. The standard InChI is InChI=1S/C19H26N4O/c1-5-6-11-20-18(24)16-12-22-17(13-21-16)23-15-9-7-14(8-10-15)19(2,3)4/h7-10,12-13H,5-6,11H2,1-4H3,(H,20,24)(H,22,23). The van der Waals surface area contributed by atoms with E-state index in [0.717, 1.165) is 18.5 Å². The molecule has 5 heteroatoms. The van der Waals surface area contributed by atoms with E-state index in [0.29, 0.717) is 18.1 Å². The van der Waals surface area contributed by atoms with Gasteiger partial charge in [-0.2, -0.15) is 0 Å². The molecule has 0 saturated carbocycles. The highest BCUT2D eigenvalue weighted by Crippen LogP contribution is 2.24. The summed E-state index contributed by atoms with van der Waals surface area (Å²) < 4.78 is 0. The number of carbonyl (C=O) groups is 1. The van der Waals surface area contributed by atoms with E-state index in [9.17, 15) is 4.79 Å². The summed E-state index contributed by atoms with van der Waals surface area (Å²) in [5.41, 5.74) is 2.68. The number of unbranched alkanes of at least 4 members (excludes halogenated alkanes) is 1. The number of hydrogen-bond acceptors (Lipinski definition) is 4. The average molecular weight is 326 g/mol. The van der Waals surface area contributed by atoms with Crippen LogP contribution in [0, 0.1) is 0 Å². The molecule has 2 aromatic rings. The summed E-state index contributed by atoms with van der Waals surface area (Å²) in [5, 5.41) is 6.02. The van der Waals surface area contributed by atoms with E-state index in [-0.39, 0.29) is 11.3 Å². The van der Waals surface area contributed by atoms with E-state index in [1.165, 1.54) is 11.8 Å². The van der Waals surface area contributed by atoms with E-state index in [1.807, 2.05) is 12.1 Å². The Bertz CT molecular complexity index is 657. The van der Waals surface area contributed by atoms with E-state index in [1.54, 1.807) is 6.20 Å². The van der Waals surface area contributed by atoms with Crippen molar-refractivity contribution in [3.05, 3.63) is 47.9 Å². The van der Waals surface area contributed by atoms with E-state index < -0.39 is 0 Å². The predicted molar refractivity (Wildman–Crippen MR) is 97.7 cm³/mol. The van der Waals surface area contributed by atoms with Crippen molar-refractivity contribution in [2.24, 2.45) is 0 Å². The first kappa shape index (κ1) is 17.9. The molecule has 2 rings (SSSR count). The van der Waals surface area contributed by atoms with Crippen molar-refractivity contribution in [2.45, 2.75) is 46.0 Å². The fourth-order valence-corrected chi connectivity index (χ4v) is 2.18. The molecule has 0 bridgehead atoms. The highest BCUT2D eigenvalue weighted by Gasteiger charge is 2.13. The molecular formula is C19H26N4O. The van der Waals surface area contributed by atoms with Crippen LogP contribution in [0.2, 0.25) is 0 Å². The molecule has 1 aromatic heterocycles. The Balaban J connectivity index is 1.97. The molecule has 1 heterocycles. The van der Waals surface area contributed by atoms with Gasteiger partial charge in [0.1, 0.15) is 11.5 Å². The Morgan fingerprint density at radius 1 is 1.08 bits per heavy atom. The van der Waals surface area contributed by atoms with Crippen LogP contribution in [0.4, 0.5) is 11.5 Å². The molecule has 0 radical (unpaired) electrons. The molecular weight excluding hydrogens is 300 g/mol. The third kappa shape index (κ3) is 5.05. The molecule has 128 valence electrons. The first-order valence-corrected chi connectivity index (χ1v) is 8.38. The maximum absolute atomic E-state index is 11.9. The number of hydrogen-bond donors (Lipinski definition) is 2. The van der Waals surface area contributed by atoms with Gasteiger partial charge in [0.25, 0.3) is 5.91 Å². The largest absolute Gasteiger partial charge is 0.351 e. The third-order valence-electron chi connectivity index (χ3n) is 3.72. The van der Waals surface area contributed by atoms with Gasteiger partial charge in [-0.1, -0.05) is 46.2 Å². The highest BCUT2D eigenvalue weighted by molar-refractivity contribution is 5.92.